The number of rotatable bonds is 5. The largest absolute Gasteiger partial charge is 0.300 e. The van der Waals surface area contributed by atoms with Gasteiger partial charge in [-0.15, -0.1) is 11.6 Å². The fourth-order valence-corrected chi connectivity index (χ4v) is 2.32. The molecule has 1 aliphatic rings. The predicted molar refractivity (Wildman–Crippen MR) is 55.1 cm³/mol. The maximum absolute atomic E-state index is 12.0. The third-order valence-electron chi connectivity index (χ3n) is 2.77. The summed E-state index contributed by atoms with van der Waals surface area (Å²) < 4.78 is 12.0. The molecule has 0 amide bonds. The molecule has 3 heteroatoms. The van der Waals surface area contributed by atoms with Gasteiger partial charge in [-0.3, -0.25) is 4.39 Å². The number of likely N-dealkylation sites (tertiary alicyclic amines) is 1. The van der Waals surface area contributed by atoms with Crippen LogP contribution in [0.2, 0.25) is 0 Å². The van der Waals surface area contributed by atoms with Gasteiger partial charge in [0, 0.05) is 18.5 Å². The first kappa shape index (κ1) is 11.3. The van der Waals surface area contributed by atoms with Crippen LogP contribution in [0.25, 0.3) is 0 Å². The summed E-state index contributed by atoms with van der Waals surface area (Å²) in [6.45, 7) is 1.86. The summed E-state index contributed by atoms with van der Waals surface area (Å²) in [5.74, 6) is 0.733. The third-order valence-corrected chi connectivity index (χ3v) is 2.99. The summed E-state index contributed by atoms with van der Waals surface area (Å²) in [5, 5.41) is 0. The second kappa shape index (κ2) is 6.61. The topological polar surface area (TPSA) is 3.24 Å². The monoisotopic (exact) mass is 207 g/mol. The molecule has 1 heterocycles. The highest BCUT2D eigenvalue weighted by Gasteiger charge is 2.20. The zero-order valence-electron chi connectivity index (χ0n) is 8.14. The summed E-state index contributed by atoms with van der Waals surface area (Å²) in [7, 11) is 0. The van der Waals surface area contributed by atoms with E-state index in [9.17, 15) is 4.39 Å². The van der Waals surface area contributed by atoms with E-state index >= 15 is 0 Å². The minimum Gasteiger partial charge on any atom is -0.300 e. The van der Waals surface area contributed by atoms with E-state index in [0.29, 0.717) is 12.5 Å². The average molecular weight is 208 g/mol. The highest BCUT2D eigenvalue weighted by molar-refractivity contribution is 6.17. The van der Waals surface area contributed by atoms with Crippen molar-refractivity contribution >= 4 is 11.6 Å². The van der Waals surface area contributed by atoms with E-state index in [1.165, 1.54) is 19.3 Å². The maximum atomic E-state index is 12.0. The number of halogens is 2. The van der Waals surface area contributed by atoms with Crippen molar-refractivity contribution < 1.29 is 4.39 Å². The molecule has 0 N–H and O–H groups in total. The van der Waals surface area contributed by atoms with Crippen LogP contribution in [0.1, 0.15) is 32.1 Å². The van der Waals surface area contributed by atoms with Crippen molar-refractivity contribution in [3.05, 3.63) is 0 Å². The van der Waals surface area contributed by atoms with E-state index < -0.39 is 0 Å². The zero-order valence-corrected chi connectivity index (χ0v) is 8.90. The quantitative estimate of drug-likeness (QED) is 0.627. The fourth-order valence-electron chi connectivity index (χ4n) is 2.07. The minimum absolute atomic E-state index is 0.190. The van der Waals surface area contributed by atoms with E-state index in [1.807, 2.05) is 0 Å². The Bertz CT molecular complexity index is 130. The second-order valence-corrected chi connectivity index (χ2v) is 4.08. The van der Waals surface area contributed by atoms with Crippen molar-refractivity contribution in [1.82, 2.24) is 4.90 Å². The van der Waals surface area contributed by atoms with Gasteiger partial charge in [-0.05, 0) is 32.2 Å². The Morgan fingerprint density at radius 3 is 2.92 bits per heavy atom. The van der Waals surface area contributed by atoms with Gasteiger partial charge in [0.15, 0.2) is 0 Å². The molecule has 1 nitrogen and oxygen atoms in total. The SMILES string of the molecule is FCCCN1CCCCC1CCCl. The van der Waals surface area contributed by atoms with Gasteiger partial charge in [-0.25, -0.2) is 0 Å². The highest BCUT2D eigenvalue weighted by atomic mass is 35.5. The lowest BCUT2D eigenvalue weighted by atomic mass is 10.00. The molecule has 0 aromatic heterocycles. The molecule has 0 aromatic rings. The van der Waals surface area contributed by atoms with Crippen molar-refractivity contribution in [3.8, 4) is 0 Å². The van der Waals surface area contributed by atoms with E-state index in [0.717, 1.165) is 25.4 Å². The molecule has 1 saturated heterocycles. The summed E-state index contributed by atoms with van der Waals surface area (Å²) in [4.78, 5) is 2.41. The van der Waals surface area contributed by atoms with Gasteiger partial charge in [0.2, 0.25) is 0 Å². The van der Waals surface area contributed by atoms with E-state index in [4.69, 9.17) is 11.6 Å². The average Bonchev–Trinajstić information content (AvgIpc) is 2.17. The molecule has 0 saturated carbocycles. The molecule has 13 heavy (non-hydrogen) atoms. The molecule has 0 radical (unpaired) electrons. The lowest BCUT2D eigenvalue weighted by Crippen LogP contribution is -2.40. The summed E-state index contributed by atoms with van der Waals surface area (Å²) in [6.07, 6.45) is 5.57. The Kier molecular flexibility index (Phi) is 5.72. The predicted octanol–water partition coefficient (Wildman–Crippen LogP) is 2.83. The Morgan fingerprint density at radius 2 is 2.23 bits per heavy atom. The molecule has 0 aromatic carbocycles. The Hall–Kier alpha value is 0.180. The van der Waals surface area contributed by atoms with Gasteiger partial charge in [0.25, 0.3) is 0 Å². The van der Waals surface area contributed by atoms with Crippen molar-refractivity contribution in [2.75, 3.05) is 25.6 Å². The van der Waals surface area contributed by atoms with E-state index in [2.05, 4.69) is 4.90 Å². The summed E-state index contributed by atoms with van der Waals surface area (Å²) in [6, 6.07) is 0.623. The first-order valence-corrected chi connectivity index (χ1v) is 5.78. The lowest BCUT2D eigenvalue weighted by Gasteiger charge is -2.35. The van der Waals surface area contributed by atoms with E-state index in [-0.39, 0.29) is 6.67 Å². The van der Waals surface area contributed by atoms with Crippen molar-refractivity contribution in [2.45, 2.75) is 38.1 Å². The number of hydrogen-bond acceptors (Lipinski definition) is 1. The van der Waals surface area contributed by atoms with Crippen LogP contribution in [0.4, 0.5) is 4.39 Å². The van der Waals surface area contributed by atoms with Gasteiger partial charge in [-0.2, -0.15) is 0 Å². The highest BCUT2D eigenvalue weighted by Crippen LogP contribution is 2.20. The molecule has 0 spiro atoms. The smallest absolute Gasteiger partial charge is 0.0906 e. The standard InChI is InChI=1S/C10H19ClFN/c11-6-5-10-4-1-2-8-13(10)9-3-7-12/h10H,1-9H2. The Labute approximate surface area is 85.2 Å². The number of alkyl halides is 2. The third kappa shape index (κ3) is 3.82. The molecule has 1 rings (SSSR count). The first-order chi connectivity index (χ1) is 6.38. The molecular formula is C10H19ClFN. The zero-order chi connectivity index (χ0) is 9.52. The first-order valence-electron chi connectivity index (χ1n) is 5.24. The molecule has 0 bridgehead atoms. The Balaban J connectivity index is 2.28. The molecule has 0 aliphatic carbocycles. The maximum Gasteiger partial charge on any atom is 0.0906 e. The van der Waals surface area contributed by atoms with Gasteiger partial charge in [0.1, 0.15) is 0 Å². The van der Waals surface area contributed by atoms with Crippen LogP contribution in [0, 0.1) is 0 Å². The summed E-state index contributed by atoms with van der Waals surface area (Å²) in [5.41, 5.74) is 0. The van der Waals surface area contributed by atoms with Gasteiger partial charge in [0.05, 0.1) is 6.67 Å². The molecule has 1 unspecified atom stereocenters. The second-order valence-electron chi connectivity index (χ2n) is 3.71. The van der Waals surface area contributed by atoms with Crippen LogP contribution in [-0.4, -0.2) is 36.6 Å². The van der Waals surface area contributed by atoms with Gasteiger partial charge < -0.3 is 4.90 Å². The van der Waals surface area contributed by atoms with Crippen LogP contribution in [0.5, 0.6) is 0 Å². The number of nitrogens with zero attached hydrogens (tertiary/aromatic N) is 1. The molecule has 1 fully saturated rings. The normalized spacial score (nSPS) is 24.9. The van der Waals surface area contributed by atoms with Crippen molar-refractivity contribution in [2.24, 2.45) is 0 Å². The van der Waals surface area contributed by atoms with Crippen LogP contribution in [0.3, 0.4) is 0 Å². The fraction of sp³-hybridized carbons (Fsp3) is 1.00. The lowest BCUT2D eigenvalue weighted by molar-refractivity contribution is 0.139. The molecule has 1 atom stereocenters. The number of hydrogen-bond donors (Lipinski definition) is 0. The Morgan fingerprint density at radius 1 is 1.38 bits per heavy atom. The van der Waals surface area contributed by atoms with Crippen LogP contribution < -0.4 is 0 Å². The summed E-state index contributed by atoms with van der Waals surface area (Å²) >= 11 is 5.73. The van der Waals surface area contributed by atoms with Crippen molar-refractivity contribution in [3.63, 3.8) is 0 Å². The molecule has 1 aliphatic heterocycles. The minimum atomic E-state index is -0.190. The van der Waals surface area contributed by atoms with Crippen LogP contribution >= 0.6 is 11.6 Å². The van der Waals surface area contributed by atoms with Gasteiger partial charge in [-0.1, -0.05) is 6.42 Å². The number of piperidine rings is 1. The van der Waals surface area contributed by atoms with Gasteiger partial charge >= 0.3 is 0 Å². The van der Waals surface area contributed by atoms with Crippen LogP contribution in [0.15, 0.2) is 0 Å². The van der Waals surface area contributed by atoms with Crippen LogP contribution in [-0.2, 0) is 0 Å². The van der Waals surface area contributed by atoms with Crippen molar-refractivity contribution in [1.29, 1.82) is 0 Å². The molecular weight excluding hydrogens is 189 g/mol. The van der Waals surface area contributed by atoms with E-state index in [1.54, 1.807) is 0 Å². The molecule has 78 valence electrons.